The molecule has 1 N–H and O–H groups in total. The van der Waals surface area contributed by atoms with E-state index in [1.54, 1.807) is 6.92 Å². The van der Waals surface area contributed by atoms with Crippen LogP contribution in [0.2, 0.25) is 0 Å². The van der Waals surface area contributed by atoms with E-state index < -0.39 is 23.5 Å². The SMILES string of the molecule is C[C@H](C(=O)O)[C@H](c1cccc(OCC2CC(Oc3cc(F)ccc3F)C2)c1)C1CC1. The average molecular weight is 416 g/mol. The molecule has 2 aromatic rings. The van der Waals surface area contributed by atoms with Crippen molar-refractivity contribution in [1.82, 2.24) is 0 Å². The van der Waals surface area contributed by atoms with Gasteiger partial charge in [-0.3, -0.25) is 4.79 Å². The molecule has 0 aromatic heterocycles. The molecule has 2 atom stereocenters. The van der Waals surface area contributed by atoms with Gasteiger partial charge in [0, 0.05) is 6.07 Å². The molecule has 2 aromatic carbocycles. The van der Waals surface area contributed by atoms with Crippen molar-refractivity contribution in [2.75, 3.05) is 6.61 Å². The Hall–Kier alpha value is -2.63. The molecule has 0 saturated heterocycles. The molecule has 0 spiro atoms. The van der Waals surface area contributed by atoms with Gasteiger partial charge in [-0.05, 0) is 73.3 Å². The largest absolute Gasteiger partial charge is 0.493 e. The summed E-state index contributed by atoms with van der Waals surface area (Å²) < 4.78 is 38.4. The zero-order chi connectivity index (χ0) is 21.3. The van der Waals surface area contributed by atoms with Crippen molar-refractivity contribution < 1.29 is 28.2 Å². The van der Waals surface area contributed by atoms with E-state index in [0.29, 0.717) is 12.5 Å². The van der Waals surface area contributed by atoms with E-state index >= 15 is 0 Å². The Morgan fingerprint density at radius 3 is 2.63 bits per heavy atom. The second kappa shape index (κ2) is 8.62. The van der Waals surface area contributed by atoms with Gasteiger partial charge in [-0.15, -0.1) is 0 Å². The molecule has 160 valence electrons. The molecule has 0 heterocycles. The molecule has 0 amide bonds. The third-order valence-corrected chi connectivity index (χ3v) is 6.17. The molecule has 0 unspecified atom stereocenters. The van der Waals surface area contributed by atoms with E-state index in [9.17, 15) is 18.7 Å². The summed E-state index contributed by atoms with van der Waals surface area (Å²) in [4.78, 5) is 11.5. The lowest BCUT2D eigenvalue weighted by Gasteiger charge is -2.35. The van der Waals surface area contributed by atoms with Gasteiger partial charge in [-0.2, -0.15) is 0 Å². The quantitative estimate of drug-likeness (QED) is 0.593. The maximum absolute atomic E-state index is 13.7. The minimum atomic E-state index is -0.770. The molecular weight excluding hydrogens is 390 g/mol. The number of carbonyl (C=O) groups is 1. The fourth-order valence-corrected chi connectivity index (χ4v) is 4.26. The molecule has 30 heavy (non-hydrogen) atoms. The first-order valence-electron chi connectivity index (χ1n) is 10.5. The highest BCUT2D eigenvalue weighted by atomic mass is 19.1. The Morgan fingerprint density at radius 2 is 1.93 bits per heavy atom. The van der Waals surface area contributed by atoms with Crippen LogP contribution in [0.5, 0.6) is 11.5 Å². The summed E-state index contributed by atoms with van der Waals surface area (Å²) >= 11 is 0. The number of rotatable bonds is 9. The normalized spacial score (nSPS) is 22.6. The zero-order valence-corrected chi connectivity index (χ0v) is 16.9. The molecule has 2 saturated carbocycles. The van der Waals surface area contributed by atoms with Crippen LogP contribution >= 0.6 is 0 Å². The van der Waals surface area contributed by atoms with Crippen LogP contribution in [0.4, 0.5) is 8.78 Å². The summed E-state index contributed by atoms with van der Waals surface area (Å²) in [6, 6.07) is 10.9. The number of halogens is 2. The van der Waals surface area contributed by atoms with Gasteiger partial charge >= 0.3 is 5.97 Å². The number of benzene rings is 2. The first-order chi connectivity index (χ1) is 14.4. The number of carboxylic acid groups (broad SMARTS) is 1. The number of ether oxygens (including phenoxy) is 2. The molecule has 0 aliphatic heterocycles. The molecule has 2 aliphatic carbocycles. The van der Waals surface area contributed by atoms with Gasteiger partial charge in [0.2, 0.25) is 0 Å². The van der Waals surface area contributed by atoms with Crippen LogP contribution < -0.4 is 9.47 Å². The van der Waals surface area contributed by atoms with Crippen molar-refractivity contribution in [1.29, 1.82) is 0 Å². The van der Waals surface area contributed by atoms with Crippen molar-refractivity contribution in [3.63, 3.8) is 0 Å². The van der Waals surface area contributed by atoms with Crippen molar-refractivity contribution >= 4 is 5.97 Å². The predicted molar refractivity (Wildman–Crippen MR) is 108 cm³/mol. The molecule has 6 heteroatoms. The standard InChI is InChI=1S/C24H26F2O4/c1-14(24(27)28)23(16-5-6-16)17-3-2-4-19(11-17)29-13-15-9-20(10-15)30-22-12-18(25)7-8-21(22)26/h2-4,7-8,11-12,14-16,20,23H,5-6,9-10,13H2,1H3,(H,27,28)/t14-,15?,20?,23-/m0/s1. The summed E-state index contributed by atoms with van der Waals surface area (Å²) in [5.41, 5.74) is 1.02. The first-order valence-corrected chi connectivity index (χ1v) is 10.5. The van der Waals surface area contributed by atoms with E-state index in [-0.39, 0.29) is 23.7 Å². The van der Waals surface area contributed by atoms with Crippen molar-refractivity contribution in [3.8, 4) is 11.5 Å². The van der Waals surface area contributed by atoms with Crippen LogP contribution in [0, 0.1) is 29.4 Å². The number of aliphatic carboxylic acids is 1. The maximum atomic E-state index is 13.7. The Kier molecular flexibility index (Phi) is 5.93. The molecular formula is C24H26F2O4. The van der Waals surface area contributed by atoms with Gasteiger partial charge in [-0.1, -0.05) is 19.1 Å². The van der Waals surface area contributed by atoms with Crippen LogP contribution in [0.3, 0.4) is 0 Å². The lowest BCUT2D eigenvalue weighted by molar-refractivity contribution is -0.142. The lowest BCUT2D eigenvalue weighted by atomic mass is 9.82. The molecule has 2 fully saturated rings. The van der Waals surface area contributed by atoms with E-state index in [4.69, 9.17) is 9.47 Å². The van der Waals surface area contributed by atoms with Crippen molar-refractivity contribution in [2.45, 2.75) is 44.6 Å². The minimum absolute atomic E-state index is 0.00805. The Balaban J connectivity index is 1.29. The summed E-state index contributed by atoms with van der Waals surface area (Å²) in [6.07, 6.45) is 3.44. The van der Waals surface area contributed by atoms with E-state index in [0.717, 1.165) is 55.2 Å². The predicted octanol–water partition coefficient (Wildman–Crippen LogP) is 5.42. The summed E-state index contributed by atoms with van der Waals surface area (Å²) in [5, 5.41) is 9.45. The van der Waals surface area contributed by atoms with Crippen molar-refractivity contribution in [3.05, 3.63) is 59.7 Å². The number of hydrogen-bond acceptors (Lipinski definition) is 3. The van der Waals surface area contributed by atoms with Crippen LogP contribution in [0.15, 0.2) is 42.5 Å². The van der Waals surface area contributed by atoms with Crippen LogP contribution in [0.25, 0.3) is 0 Å². The summed E-state index contributed by atoms with van der Waals surface area (Å²) in [7, 11) is 0. The monoisotopic (exact) mass is 416 g/mol. The molecule has 0 radical (unpaired) electrons. The average Bonchev–Trinajstić information content (AvgIpc) is 3.51. The van der Waals surface area contributed by atoms with Crippen molar-refractivity contribution in [2.24, 2.45) is 17.8 Å². The minimum Gasteiger partial charge on any atom is -0.493 e. The second-order valence-electron chi connectivity index (χ2n) is 8.53. The highest BCUT2D eigenvalue weighted by Crippen LogP contribution is 2.47. The Morgan fingerprint density at radius 1 is 1.17 bits per heavy atom. The fraction of sp³-hybridized carbons (Fsp3) is 0.458. The Bertz CT molecular complexity index is 906. The van der Waals surface area contributed by atoms with Gasteiger partial charge in [0.05, 0.1) is 18.6 Å². The lowest BCUT2D eigenvalue weighted by Crippen LogP contribution is -2.37. The highest BCUT2D eigenvalue weighted by Gasteiger charge is 2.38. The maximum Gasteiger partial charge on any atom is 0.306 e. The topological polar surface area (TPSA) is 55.8 Å². The molecule has 0 bridgehead atoms. The van der Waals surface area contributed by atoms with Gasteiger partial charge < -0.3 is 14.6 Å². The van der Waals surface area contributed by atoms with Gasteiger partial charge in [-0.25, -0.2) is 8.78 Å². The van der Waals surface area contributed by atoms with E-state index in [1.807, 2.05) is 24.3 Å². The third-order valence-electron chi connectivity index (χ3n) is 6.17. The van der Waals surface area contributed by atoms with Crippen LogP contribution in [-0.2, 0) is 4.79 Å². The van der Waals surface area contributed by atoms with Crippen LogP contribution in [0.1, 0.15) is 44.1 Å². The number of carboxylic acids is 1. The van der Waals surface area contributed by atoms with Crippen LogP contribution in [-0.4, -0.2) is 23.8 Å². The van der Waals surface area contributed by atoms with E-state index in [2.05, 4.69) is 0 Å². The number of hydrogen-bond donors (Lipinski definition) is 1. The zero-order valence-electron chi connectivity index (χ0n) is 16.9. The molecule has 2 aliphatic rings. The first kappa shape index (κ1) is 20.6. The van der Waals surface area contributed by atoms with Gasteiger partial charge in [0.15, 0.2) is 11.6 Å². The molecule has 4 nitrogen and oxygen atoms in total. The highest BCUT2D eigenvalue weighted by molar-refractivity contribution is 5.71. The molecule has 4 rings (SSSR count). The second-order valence-corrected chi connectivity index (χ2v) is 8.53. The van der Waals surface area contributed by atoms with E-state index in [1.165, 1.54) is 0 Å². The third kappa shape index (κ3) is 4.74. The Labute approximate surface area is 174 Å². The van der Waals surface area contributed by atoms with Gasteiger partial charge in [0.1, 0.15) is 11.6 Å². The smallest absolute Gasteiger partial charge is 0.306 e. The summed E-state index contributed by atoms with van der Waals surface area (Å²) in [6.45, 7) is 2.28. The summed E-state index contributed by atoms with van der Waals surface area (Å²) in [5.74, 6) is -0.878. The fourth-order valence-electron chi connectivity index (χ4n) is 4.26. The van der Waals surface area contributed by atoms with Gasteiger partial charge in [0.25, 0.3) is 0 Å².